The number of quaternary nitrogens is 1. The minimum absolute atomic E-state index is 0.0584. The monoisotopic (exact) mass is 898 g/mol. The zero-order valence-electron chi connectivity index (χ0n) is 41.9. The predicted octanol–water partition coefficient (Wildman–Crippen LogP) is 15.6. The maximum atomic E-state index is 12.9. The van der Waals surface area contributed by atoms with E-state index in [-0.39, 0.29) is 19.1 Å². The normalized spacial score (nSPS) is 14.2. The Kier molecular flexibility index (Phi) is 44.4. The number of nitrogens with one attached hydrogen (secondary N) is 1. The molecule has 8 nitrogen and oxygen atoms in total. The van der Waals surface area contributed by atoms with Gasteiger partial charge in [-0.15, -0.1) is 0 Å². The third-order valence-corrected chi connectivity index (χ3v) is 13.2. The van der Waals surface area contributed by atoms with Gasteiger partial charge < -0.3 is 19.8 Å². The SMILES string of the molecule is CCCCCCCCC/C=C/CC/C=C/C(O)C(COP(=O)(O)OCC[N+](C)(C)C)NC(=O)CCCCCCCCCCCCCCCCCCCCCCCCCCCCC. The fourth-order valence-electron chi connectivity index (χ4n) is 7.94. The van der Waals surface area contributed by atoms with E-state index < -0.39 is 20.0 Å². The van der Waals surface area contributed by atoms with Gasteiger partial charge in [0.15, 0.2) is 0 Å². The molecule has 9 heteroatoms. The Labute approximate surface area is 385 Å². The Morgan fingerprint density at radius 2 is 0.887 bits per heavy atom. The summed E-state index contributed by atoms with van der Waals surface area (Å²) in [6.45, 7) is 4.81. The highest BCUT2D eigenvalue weighted by Crippen LogP contribution is 2.43. The van der Waals surface area contributed by atoms with E-state index in [1.165, 1.54) is 199 Å². The number of carbonyl (C=O) groups excluding carboxylic acids is 1. The molecule has 1 amide bonds. The molecule has 0 saturated carbocycles. The number of phosphoric ester groups is 1. The molecule has 3 N–H and O–H groups in total. The lowest BCUT2D eigenvalue weighted by Crippen LogP contribution is -2.45. The fraction of sp³-hybridized carbons (Fsp3) is 0.906. The zero-order chi connectivity index (χ0) is 45.7. The number of aliphatic hydroxyl groups excluding tert-OH is 1. The number of amides is 1. The van der Waals surface area contributed by atoms with Crippen molar-refractivity contribution in [2.24, 2.45) is 0 Å². The molecule has 3 atom stereocenters. The van der Waals surface area contributed by atoms with E-state index in [0.29, 0.717) is 17.4 Å². The van der Waals surface area contributed by atoms with Crippen molar-refractivity contribution >= 4 is 13.7 Å². The Morgan fingerprint density at radius 1 is 0.532 bits per heavy atom. The molecule has 0 spiro atoms. The quantitative estimate of drug-likeness (QED) is 0.0243. The standard InChI is InChI=1S/C53H105N2O6P/c1-6-8-10-12-14-16-18-20-21-22-23-24-25-26-27-28-29-30-31-32-33-35-37-39-41-43-45-47-53(57)54-51(50-61-62(58,59)60-49-48-55(3,4)5)52(56)46-44-42-40-38-36-34-19-17-15-13-11-9-7-2/h36,38,44,46,51-52,56H,6-35,37,39-43,45,47-50H2,1-5H3,(H-,54,57,58,59)/p+1/b38-36+,46-44+. The molecule has 0 aliphatic carbocycles. The van der Waals surface area contributed by atoms with Crippen molar-refractivity contribution in [3.8, 4) is 0 Å². The molecule has 0 saturated heterocycles. The molecule has 0 rings (SSSR count). The summed E-state index contributed by atoms with van der Waals surface area (Å²) in [5.41, 5.74) is 0. The van der Waals surface area contributed by atoms with Crippen molar-refractivity contribution in [3.05, 3.63) is 24.3 Å². The third-order valence-electron chi connectivity index (χ3n) is 12.2. The number of aliphatic hydroxyl groups is 1. The average molecular weight is 898 g/mol. The molecule has 0 heterocycles. The topological polar surface area (TPSA) is 105 Å². The van der Waals surface area contributed by atoms with E-state index in [0.717, 1.165) is 38.5 Å². The van der Waals surface area contributed by atoms with E-state index in [2.05, 4.69) is 31.3 Å². The third kappa shape index (κ3) is 47.0. The number of phosphoric acid groups is 1. The van der Waals surface area contributed by atoms with Gasteiger partial charge in [-0.1, -0.05) is 244 Å². The van der Waals surface area contributed by atoms with Crippen LogP contribution in [0.15, 0.2) is 24.3 Å². The summed E-state index contributed by atoms with van der Waals surface area (Å²) >= 11 is 0. The Hall–Kier alpha value is -1.02. The van der Waals surface area contributed by atoms with E-state index in [1.54, 1.807) is 6.08 Å². The van der Waals surface area contributed by atoms with Crippen LogP contribution in [-0.2, 0) is 18.4 Å². The molecule has 0 aromatic rings. The lowest BCUT2D eigenvalue weighted by Gasteiger charge is -2.25. The van der Waals surface area contributed by atoms with Crippen molar-refractivity contribution < 1.29 is 32.9 Å². The maximum absolute atomic E-state index is 12.9. The van der Waals surface area contributed by atoms with Crippen molar-refractivity contribution in [3.63, 3.8) is 0 Å². The van der Waals surface area contributed by atoms with E-state index in [4.69, 9.17) is 9.05 Å². The highest BCUT2D eigenvalue weighted by atomic mass is 31.2. The summed E-state index contributed by atoms with van der Waals surface area (Å²) in [6.07, 6.45) is 55.7. The van der Waals surface area contributed by atoms with Crippen molar-refractivity contribution in [1.82, 2.24) is 5.32 Å². The second-order valence-electron chi connectivity index (χ2n) is 19.6. The molecule has 0 aliphatic rings. The number of nitrogens with zero attached hydrogens (tertiary/aromatic N) is 1. The Morgan fingerprint density at radius 3 is 1.29 bits per heavy atom. The summed E-state index contributed by atoms with van der Waals surface area (Å²) in [7, 11) is 1.56. The molecule has 3 unspecified atom stereocenters. The highest BCUT2D eigenvalue weighted by Gasteiger charge is 2.27. The van der Waals surface area contributed by atoms with E-state index in [1.807, 2.05) is 27.2 Å². The number of allylic oxidation sites excluding steroid dienone is 3. The summed E-state index contributed by atoms with van der Waals surface area (Å²) in [5, 5.41) is 13.8. The number of hydrogen-bond donors (Lipinski definition) is 3. The first kappa shape index (κ1) is 61.0. The highest BCUT2D eigenvalue weighted by molar-refractivity contribution is 7.47. The van der Waals surface area contributed by atoms with Gasteiger partial charge >= 0.3 is 7.82 Å². The summed E-state index contributed by atoms with van der Waals surface area (Å²) < 4.78 is 23.6. The maximum Gasteiger partial charge on any atom is 0.472 e. The molecule has 0 bridgehead atoms. The number of rotatable bonds is 49. The molecule has 0 radical (unpaired) electrons. The van der Waals surface area contributed by atoms with E-state index in [9.17, 15) is 19.4 Å². The Balaban J connectivity index is 4.12. The molecule has 0 aliphatic heterocycles. The number of carbonyl (C=O) groups is 1. The first-order chi connectivity index (χ1) is 30.0. The minimum Gasteiger partial charge on any atom is -0.387 e. The van der Waals surface area contributed by atoms with Crippen LogP contribution in [0.25, 0.3) is 0 Å². The largest absolute Gasteiger partial charge is 0.472 e. The van der Waals surface area contributed by atoms with Crippen molar-refractivity contribution in [2.45, 2.75) is 270 Å². The fourth-order valence-corrected chi connectivity index (χ4v) is 8.68. The molecule has 368 valence electrons. The van der Waals surface area contributed by atoms with Gasteiger partial charge in [0.1, 0.15) is 13.2 Å². The van der Waals surface area contributed by atoms with Crippen molar-refractivity contribution in [1.29, 1.82) is 0 Å². The van der Waals surface area contributed by atoms with Crippen LogP contribution >= 0.6 is 7.82 Å². The van der Waals surface area contributed by atoms with Crippen LogP contribution in [-0.4, -0.2) is 73.4 Å². The van der Waals surface area contributed by atoms with Gasteiger partial charge in [-0.05, 0) is 32.1 Å². The number of likely N-dealkylation sites (N-methyl/N-ethyl adjacent to an activating group) is 1. The summed E-state index contributed by atoms with van der Waals surface area (Å²) in [6, 6.07) is -0.858. The summed E-state index contributed by atoms with van der Waals surface area (Å²) in [4.78, 5) is 23.2. The molecule has 0 aromatic carbocycles. The van der Waals surface area contributed by atoms with E-state index >= 15 is 0 Å². The van der Waals surface area contributed by atoms with Crippen LogP contribution in [0.3, 0.4) is 0 Å². The van der Waals surface area contributed by atoms with Crippen LogP contribution in [0.1, 0.15) is 258 Å². The molecule has 0 fully saturated rings. The minimum atomic E-state index is -4.34. The molecule has 0 aromatic heterocycles. The smallest absolute Gasteiger partial charge is 0.387 e. The Bertz CT molecular complexity index is 1060. The zero-order valence-corrected chi connectivity index (χ0v) is 42.8. The van der Waals surface area contributed by atoms with Gasteiger partial charge in [-0.25, -0.2) is 4.57 Å². The van der Waals surface area contributed by atoms with Gasteiger partial charge in [-0.2, -0.15) is 0 Å². The molecular formula is C53H106N2O6P+. The van der Waals surface area contributed by atoms with Crippen LogP contribution in [0.4, 0.5) is 0 Å². The average Bonchev–Trinajstić information content (AvgIpc) is 3.23. The number of hydrogen-bond acceptors (Lipinski definition) is 5. The second-order valence-corrected chi connectivity index (χ2v) is 21.1. The number of unbranched alkanes of at least 4 members (excludes halogenated alkanes) is 34. The molecular weight excluding hydrogens is 792 g/mol. The van der Waals surface area contributed by atoms with Crippen LogP contribution < -0.4 is 5.32 Å². The molecule has 62 heavy (non-hydrogen) atoms. The van der Waals surface area contributed by atoms with Crippen LogP contribution in [0, 0.1) is 0 Å². The lowest BCUT2D eigenvalue weighted by atomic mass is 10.0. The van der Waals surface area contributed by atoms with Crippen molar-refractivity contribution in [2.75, 3.05) is 40.9 Å². The van der Waals surface area contributed by atoms with Crippen LogP contribution in [0.2, 0.25) is 0 Å². The van der Waals surface area contributed by atoms with Gasteiger partial charge in [0.2, 0.25) is 5.91 Å². The predicted molar refractivity (Wildman–Crippen MR) is 268 cm³/mol. The first-order valence-corrected chi connectivity index (χ1v) is 28.2. The first-order valence-electron chi connectivity index (χ1n) is 26.7. The van der Waals surface area contributed by atoms with Gasteiger partial charge in [0.25, 0.3) is 0 Å². The second kappa shape index (κ2) is 45.1. The van der Waals surface area contributed by atoms with Gasteiger partial charge in [0.05, 0.1) is 39.9 Å². The van der Waals surface area contributed by atoms with Gasteiger partial charge in [-0.3, -0.25) is 13.8 Å². The summed E-state index contributed by atoms with van der Waals surface area (Å²) in [5.74, 6) is -0.183. The van der Waals surface area contributed by atoms with Gasteiger partial charge in [0, 0.05) is 6.42 Å². The van der Waals surface area contributed by atoms with Crippen LogP contribution in [0.5, 0.6) is 0 Å². The lowest BCUT2D eigenvalue weighted by molar-refractivity contribution is -0.870.